The minimum absolute atomic E-state index is 0.0946. The number of hydrogen-bond donors (Lipinski definition) is 4. The van der Waals surface area contributed by atoms with E-state index in [2.05, 4.69) is 10.3 Å². The minimum Gasteiger partial charge on any atom is -0.478 e. The van der Waals surface area contributed by atoms with Crippen LogP contribution in [-0.4, -0.2) is 42.0 Å². The second-order valence-electron chi connectivity index (χ2n) is 10.3. The summed E-state index contributed by atoms with van der Waals surface area (Å²) >= 11 is 0. The van der Waals surface area contributed by atoms with Crippen LogP contribution in [0, 0.1) is 24.0 Å². The SMILES string of the molecule is Cc1cc(Oc2nc(Oc3cccc(C(=N)N)c3)c(F)c(NC(C)CCc3ccccc3)c2F)c(C(=O)O)cc1N(C)C. The van der Waals surface area contributed by atoms with Crippen molar-refractivity contribution in [3.63, 3.8) is 0 Å². The molecule has 3 aromatic carbocycles. The number of carboxylic acid groups (broad SMARTS) is 1. The van der Waals surface area contributed by atoms with Gasteiger partial charge in [0.05, 0.1) is 0 Å². The number of nitrogens with one attached hydrogen (secondary N) is 2. The van der Waals surface area contributed by atoms with Gasteiger partial charge >= 0.3 is 5.97 Å². The number of nitrogens with two attached hydrogens (primary N) is 1. The number of pyridine rings is 1. The zero-order valence-corrected chi connectivity index (χ0v) is 24.2. The number of amidine groups is 1. The molecule has 9 nitrogen and oxygen atoms in total. The molecule has 0 aliphatic carbocycles. The number of aryl methyl sites for hydroxylation is 2. The quantitative estimate of drug-likeness (QED) is 0.106. The van der Waals surface area contributed by atoms with Gasteiger partial charge in [-0.1, -0.05) is 42.5 Å². The molecule has 0 bridgehead atoms. The van der Waals surface area contributed by atoms with Crippen LogP contribution >= 0.6 is 0 Å². The smallest absolute Gasteiger partial charge is 0.339 e. The third-order valence-corrected chi connectivity index (χ3v) is 6.69. The highest BCUT2D eigenvalue weighted by Gasteiger charge is 2.26. The van der Waals surface area contributed by atoms with Crippen molar-refractivity contribution >= 4 is 23.2 Å². The van der Waals surface area contributed by atoms with Gasteiger partial charge in [-0.05, 0) is 62.1 Å². The van der Waals surface area contributed by atoms with Crippen molar-refractivity contribution in [1.82, 2.24) is 4.98 Å². The van der Waals surface area contributed by atoms with Crippen molar-refractivity contribution in [2.75, 3.05) is 24.3 Å². The van der Waals surface area contributed by atoms with Crippen LogP contribution < -0.4 is 25.4 Å². The summed E-state index contributed by atoms with van der Waals surface area (Å²) in [5.41, 5.74) is 7.49. The van der Waals surface area contributed by atoms with E-state index in [0.29, 0.717) is 29.7 Å². The molecule has 0 radical (unpaired) electrons. The fourth-order valence-corrected chi connectivity index (χ4v) is 4.46. The van der Waals surface area contributed by atoms with Crippen molar-refractivity contribution in [3.8, 4) is 23.3 Å². The number of hydrogen-bond acceptors (Lipinski definition) is 7. The maximum atomic E-state index is 15.9. The fourth-order valence-electron chi connectivity index (χ4n) is 4.46. The molecule has 0 amide bonds. The van der Waals surface area contributed by atoms with Crippen molar-refractivity contribution in [1.29, 1.82) is 5.41 Å². The van der Waals surface area contributed by atoms with E-state index >= 15 is 8.78 Å². The highest BCUT2D eigenvalue weighted by atomic mass is 19.1. The Labute approximate surface area is 248 Å². The van der Waals surface area contributed by atoms with Crippen LogP contribution in [0.2, 0.25) is 0 Å². The molecule has 4 aromatic rings. The predicted octanol–water partition coefficient (Wildman–Crippen LogP) is 6.73. The number of rotatable bonds is 12. The van der Waals surface area contributed by atoms with Crippen LogP contribution in [0.1, 0.15) is 40.4 Å². The summed E-state index contributed by atoms with van der Waals surface area (Å²) in [6.45, 7) is 3.53. The molecule has 5 N–H and O–H groups in total. The Hall–Kier alpha value is -5.19. The number of ether oxygens (including phenoxy) is 2. The second-order valence-corrected chi connectivity index (χ2v) is 10.3. The van der Waals surface area contributed by atoms with Crippen LogP contribution in [0.5, 0.6) is 23.3 Å². The van der Waals surface area contributed by atoms with E-state index < -0.39 is 35.1 Å². The van der Waals surface area contributed by atoms with Gasteiger partial charge in [0.25, 0.3) is 11.8 Å². The number of nitrogens with zero attached hydrogens (tertiary/aromatic N) is 2. The van der Waals surface area contributed by atoms with E-state index in [1.807, 2.05) is 30.3 Å². The van der Waals surface area contributed by atoms with Gasteiger partial charge in [-0.15, -0.1) is 0 Å². The first-order chi connectivity index (χ1) is 20.4. The minimum atomic E-state index is -1.30. The summed E-state index contributed by atoms with van der Waals surface area (Å²) in [5.74, 6) is -5.18. The molecule has 1 atom stereocenters. The lowest BCUT2D eigenvalue weighted by Gasteiger charge is -2.21. The number of aromatic nitrogens is 1. The largest absolute Gasteiger partial charge is 0.478 e. The maximum absolute atomic E-state index is 15.9. The van der Waals surface area contributed by atoms with E-state index in [9.17, 15) is 9.90 Å². The lowest BCUT2D eigenvalue weighted by atomic mass is 10.1. The average molecular weight is 590 g/mol. The number of benzene rings is 3. The van der Waals surface area contributed by atoms with Gasteiger partial charge in [0.15, 0.2) is 0 Å². The molecule has 11 heteroatoms. The Kier molecular flexibility index (Phi) is 9.44. The van der Waals surface area contributed by atoms with Crippen molar-refractivity contribution < 1.29 is 28.2 Å². The molecule has 0 aliphatic rings. The predicted molar refractivity (Wildman–Crippen MR) is 162 cm³/mol. The van der Waals surface area contributed by atoms with E-state index in [1.165, 1.54) is 24.3 Å². The van der Waals surface area contributed by atoms with Crippen molar-refractivity contribution in [2.45, 2.75) is 32.7 Å². The molecule has 0 aliphatic heterocycles. The number of nitrogen functional groups attached to an aromatic ring is 1. The molecule has 43 heavy (non-hydrogen) atoms. The van der Waals surface area contributed by atoms with Gasteiger partial charge in [0.1, 0.15) is 28.6 Å². The Morgan fingerprint density at radius 3 is 2.35 bits per heavy atom. The molecule has 4 rings (SSSR count). The van der Waals surface area contributed by atoms with E-state index in [-0.39, 0.29) is 28.9 Å². The number of carboxylic acids is 1. The summed E-state index contributed by atoms with van der Waals surface area (Å²) in [7, 11) is 3.52. The van der Waals surface area contributed by atoms with Gasteiger partial charge in [-0.2, -0.15) is 13.8 Å². The summed E-state index contributed by atoms with van der Waals surface area (Å²) in [4.78, 5) is 17.8. The molecule has 0 saturated carbocycles. The number of halogens is 2. The highest BCUT2D eigenvalue weighted by molar-refractivity contribution is 5.95. The van der Waals surface area contributed by atoms with Crippen molar-refractivity contribution in [2.24, 2.45) is 5.73 Å². The summed E-state index contributed by atoms with van der Waals surface area (Å²) in [6, 6.07) is 18.2. The zero-order valence-electron chi connectivity index (χ0n) is 24.2. The first-order valence-electron chi connectivity index (χ1n) is 13.5. The number of anilines is 2. The molecule has 1 aromatic heterocycles. The molecule has 224 valence electrons. The van der Waals surface area contributed by atoms with E-state index in [1.54, 1.807) is 45.0 Å². The van der Waals surface area contributed by atoms with Crippen LogP contribution in [0.15, 0.2) is 66.7 Å². The fraction of sp³-hybridized carbons (Fsp3) is 0.219. The summed E-state index contributed by atoms with van der Waals surface area (Å²) in [6.07, 6.45) is 1.21. The molecule has 0 saturated heterocycles. The van der Waals surface area contributed by atoms with Gasteiger partial charge < -0.3 is 30.5 Å². The van der Waals surface area contributed by atoms with Crippen LogP contribution in [-0.2, 0) is 6.42 Å². The standard InChI is InChI=1S/C32H33F2N5O4/c1-18-15-25(23(32(40)41)17-24(18)39(3)4)43-31-27(34)28(37-19(2)13-14-20-9-6-5-7-10-20)26(33)30(38-31)42-22-12-8-11-21(16-22)29(35)36/h5-12,15-17,19H,13-14H2,1-4H3,(H3,35,36)(H,37,38)(H,40,41). The average Bonchev–Trinajstić information content (AvgIpc) is 2.97. The molecule has 0 fully saturated rings. The first kappa shape index (κ1) is 30.8. The van der Waals surface area contributed by atoms with Crippen LogP contribution in [0.4, 0.5) is 20.2 Å². The lowest BCUT2D eigenvalue weighted by molar-refractivity contribution is 0.0694. The Bertz CT molecular complexity index is 1650. The Morgan fingerprint density at radius 2 is 1.72 bits per heavy atom. The van der Waals surface area contributed by atoms with Gasteiger partial charge in [-0.25, -0.2) is 4.79 Å². The summed E-state index contributed by atoms with van der Waals surface area (Å²) in [5, 5.41) is 20.4. The summed E-state index contributed by atoms with van der Waals surface area (Å²) < 4.78 is 43.2. The maximum Gasteiger partial charge on any atom is 0.339 e. The van der Waals surface area contributed by atoms with E-state index in [4.69, 9.17) is 20.6 Å². The lowest BCUT2D eigenvalue weighted by Crippen LogP contribution is -2.19. The third-order valence-electron chi connectivity index (χ3n) is 6.69. The molecular weight excluding hydrogens is 556 g/mol. The number of aromatic carboxylic acids is 1. The van der Waals surface area contributed by atoms with Crippen LogP contribution in [0.3, 0.4) is 0 Å². The van der Waals surface area contributed by atoms with Gasteiger partial charge in [0.2, 0.25) is 11.6 Å². The molecule has 1 heterocycles. The monoisotopic (exact) mass is 589 g/mol. The first-order valence-corrected chi connectivity index (χ1v) is 13.5. The normalized spacial score (nSPS) is 11.5. The van der Waals surface area contributed by atoms with Gasteiger partial charge in [0, 0.05) is 31.4 Å². The molecular formula is C32H33F2N5O4. The Balaban J connectivity index is 1.75. The molecule has 0 spiro atoms. The topological polar surface area (TPSA) is 134 Å². The molecule has 1 unspecified atom stereocenters. The number of carbonyl (C=O) groups is 1. The Morgan fingerprint density at radius 1 is 1.05 bits per heavy atom. The third kappa shape index (κ3) is 7.37. The van der Waals surface area contributed by atoms with Crippen molar-refractivity contribution in [3.05, 3.63) is 101 Å². The van der Waals surface area contributed by atoms with E-state index in [0.717, 1.165) is 5.56 Å². The highest BCUT2D eigenvalue weighted by Crippen LogP contribution is 2.38. The zero-order chi connectivity index (χ0) is 31.3. The second kappa shape index (κ2) is 13.2. The van der Waals surface area contributed by atoms with Gasteiger partial charge in [-0.3, -0.25) is 5.41 Å². The van der Waals surface area contributed by atoms with Crippen LogP contribution in [0.25, 0.3) is 0 Å².